The Bertz CT molecular complexity index is 2910. The highest BCUT2D eigenvalue weighted by molar-refractivity contribution is 7.25. The molecule has 10 aromatic rings. The molecule has 55 heavy (non-hydrogen) atoms. The topological polar surface area (TPSA) is 25.8 Å². The van der Waals surface area contributed by atoms with Crippen LogP contribution in [0.2, 0.25) is 0 Å². The second-order valence-electron chi connectivity index (χ2n) is 13.8. The van der Waals surface area contributed by atoms with Gasteiger partial charge in [-0.25, -0.2) is 9.97 Å². The van der Waals surface area contributed by atoms with E-state index >= 15 is 0 Å². The molecule has 2 heterocycles. The molecule has 0 amide bonds. The average Bonchev–Trinajstić information content (AvgIpc) is 3.66. The maximum absolute atomic E-state index is 5.47. The van der Waals surface area contributed by atoms with Crippen molar-refractivity contribution in [2.24, 2.45) is 0 Å². The Morgan fingerprint density at radius 2 is 0.673 bits per heavy atom. The molecule has 0 saturated carbocycles. The third-order valence-corrected chi connectivity index (χ3v) is 11.3. The Kier molecular flexibility index (Phi) is 8.40. The SMILES string of the molecule is c1ccc(-c2cccc(-c3cccc(-c4cccc(-c5nc(-c6cc(-c7ccccc7)cc(-c7ccccc7)c6)c6c(n5)sc5ccccc56)c4)c3)c2)cc1. The van der Waals surface area contributed by atoms with Crippen molar-refractivity contribution in [3.05, 3.63) is 206 Å². The number of thiophene rings is 1. The summed E-state index contributed by atoms with van der Waals surface area (Å²) < 4.78 is 1.20. The van der Waals surface area contributed by atoms with Crippen molar-refractivity contribution >= 4 is 31.6 Å². The van der Waals surface area contributed by atoms with Crippen LogP contribution in [0.1, 0.15) is 0 Å². The molecule has 0 radical (unpaired) electrons. The van der Waals surface area contributed by atoms with Crippen LogP contribution < -0.4 is 0 Å². The third kappa shape index (κ3) is 6.41. The summed E-state index contributed by atoms with van der Waals surface area (Å²) in [5, 5.41) is 2.27. The fourth-order valence-electron chi connectivity index (χ4n) is 7.55. The molecule has 0 bridgehead atoms. The van der Waals surface area contributed by atoms with Gasteiger partial charge in [-0.1, -0.05) is 164 Å². The average molecular weight is 719 g/mol. The quantitative estimate of drug-likeness (QED) is 0.164. The molecule has 3 heteroatoms. The molecule has 10 rings (SSSR count). The molecule has 0 unspecified atom stereocenters. The van der Waals surface area contributed by atoms with Crippen LogP contribution in [0.5, 0.6) is 0 Å². The molecule has 0 aliphatic heterocycles. The maximum Gasteiger partial charge on any atom is 0.161 e. The van der Waals surface area contributed by atoms with E-state index in [1.54, 1.807) is 11.3 Å². The van der Waals surface area contributed by atoms with Crippen LogP contribution in [-0.4, -0.2) is 9.97 Å². The van der Waals surface area contributed by atoms with E-state index < -0.39 is 0 Å². The number of rotatable bonds is 7. The van der Waals surface area contributed by atoms with Crippen LogP contribution in [0.4, 0.5) is 0 Å². The zero-order valence-electron chi connectivity index (χ0n) is 29.9. The summed E-state index contributed by atoms with van der Waals surface area (Å²) in [5.74, 6) is 0.717. The van der Waals surface area contributed by atoms with Gasteiger partial charge < -0.3 is 0 Å². The van der Waals surface area contributed by atoms with Crippen LogP contribution >= 0.6 is 11.3 Å². The first-order valence-corrected chi connectivity index (χ1v) is 19.4. The molecule has 8 aromatic carbocycles. The van der Waals surface area contributed by atoms with Crippen LogP contribution in [0.25, 0.3) is 98.6 Å². The molecule has 0 saturated heterocycles. The van der Waals surface area contributed by atoms with Gasteiger partial charge in [0.05, 0.1) is 5.69 Å². The second kappa shape index (κ2) is 14.1. The molecule has 2 aromatic heterocycles. The molecule has 0 fully saturated rings. The normalized spacial score (nSPS) is 11.3. The number of hydrogen-bond donors (Lipinski definition) is 0. The van der Waals surface area contributed by atoms with Crippen molar-refractivity contribution in [3.8, 4) is 78.3 Å². The van der Waals surface area contributed by atoms with Crippen molar-refractivity contribution < 1.29 is 0 Å². The van der Waals surface area contributed by atoms with Gasteiger partial charge >= 0.3 is 0 Å². The van der Waals surface area contributed by atoms with Gasteiger partial charge in [0.2, 0.25) is 0 Å². The van der Waals surface area contributed by atoms with Gasteiger partial charge in [-0.3, -0.25) is 0 Å². The predicted octanol–water partition coefficient (Wildman–Crippen LogP) is 14.5. The van der Waals surface area contributed by atoms with Crippen molar-refractivity contribution in [1.82, 2.24) is 9.97 Å². The molecule has 0 atom stereocenters. The van der Waals surface area contributed by atoms with Gasteiger partial charge in [-0.05, 0) is 98.1 Å². The van der Waals surface area contributed by atoms with E-state index in [-0.39, 0.29) is 0 Å². The second-order valence-corrected chi connectivity index (χ2v) is 14.8. The predicted molar refractivity (Wildman–Crippen MR) is 233 cm³/mol. The van der Waals surface area contributed by atoms with Crippen molar-refractivity contribution in [2.45, 2.75) is 0 Å². The summed E-state index contributed by atoms with van der Waals surface area (Å²) in [7, 11) is 0. The fourth-order valence-corrected chi connectivity index (χ4v) is 8.62. The Morgan fingerprint density at radius 1 is 0.291 bits per heavy atom. The first-order chi connectivity index (χ1) is 27.2. The summed E-state index contributed by atoms with van der Waals surface area (Å²) in [6.07, 6.45) is 0. The highest BCUT2D eigenvalue weighted by Crippen LogP contribution is 2.42. The molecular formula is C52H34N2S. The number of nitrogens with zero attached hydrogens (tertiary/aromatic N) is 2. The summed E-state index contributed by atoms with van der Waals surface area (Å²) in [5.41, 5.74) is 14.7. The highest BCUT2D eigenvalue weighted by Gasteiger charge is 2.19. The van der Waals surface area contributed by atoms with E-state index in [1.165, 1.54) is 43.5 Å². The van der Waals surface area contributed by atoms with Gasteiger partial charge in [0.1, 0.15) is 4.83 Å². The molecule has 2 nitrogen and oxygen atoms in total. The Balaban J connectivity index is 1.11. The molecular weight excluding hydrogens is 685 g/mol. The van der Waals surface area contributed by atoms with Crippen molar-refractivity contribution in [2.75, 3.05) is 0 Å². The standard InChI is InChI=1S/C52H34N2S/c1-4-15-35(16-5-1)38-21-12-22-39(29-38)40-23-13-24-41(30-40)42-25-14-26-43(31-42)51-53-50(49-47-27-10-11-28-48(47)55-52(49)54-51)46-33-44(36-17-6-2-7-18-36)32-45(34-46)37-19-8-3-9-20-37/h1-34H. The highest BCUT2D eigenvalue weighted by atomic mass is 32.1. The summed E-state index contributed by atoms with van der Waals surface area (Å²) >= 11 is 1.73. The Hall–Kier alpha value is -6.94. The minimum absolute atomic E-state index is 0.717. The zero-order valence-corrected chi connectivity index (χ0v) is 30.7. The summed E-state index contributed by atoms with van der Waals surface area (Å²) in [6.45, 7) is 0. The van der Waals surface area contributed by atoms with Crippen molar-refractivity contribution in [1.29, 1.82) is 0 Å². The first kappa shape index (κ1) is 32.7. The van der Waals surface area contributed by atoms with Gasteiger partial charge in [0.25, 0.3) is 0 Å². The van der Waals surface area contributed by atoms with E-state index in [2.05, 4.69) is 206 Å². The van der Waals surface area contributed by atoms with Crippen LogP contribution in [0, 0.1) is 0 Å². The molecule has 0 spiro atoms. The van der Waals surface area contributed by atoms with Crippen LogP contribution in [0.3, 0.4) is 0 Å². The lowest BCUT2D eigenvalue weighted by Gasteiger charge is -2.13. The van der Waals surface area contributed by atoms with Gasteiger partial charge in [0, 0.05) is 26.6 Å². The summed E-state index contributed by atoms with van der Waals surface area (Å²) in [4.78, 5) is 11.7. The minimum atomic E-state index is 0.717. The lowest BCUT2D eigenvalue weighted by atomic mass is 9.94. The first-order valence-electron chi connectivity index (χ1n) is 18.6. The van der Waals surface area contributed by atoms with Gasteiger partial charge in [0.15, 0.2) is 5.82 Å². The number of benzene rings is 8. The van der Waals surface area contributed by atoms with Crippen LogP contribution in [0.15, 0.2) is 206 Å². The smallest absolute Gasteiger partial charge is 0.161 e. The van der Waals surface area contributed by atoms with E-state index in [4.69, 9.17) is 9.97 Å². The fraction of sp³-hybridized carbons (Fsp3) is 0. The van der Waals surface area contributed by atoms with Gasteiger partial charge in [-0.2, -0.15) is 0 Å². The van der Waals surface area contributed by atoms with Crippen molar-refractivity contribution in [3.63, 3.8) is 0 Å². The molecule has 0 aliphatic carbocycles. The maximum atomic E-state index is 5.47. The molecule has 258 valence electrons. The number of fused-ring (bicyclic) bond motifs is 3. The third-order valence-electron chi connectivity index (χ3n) is 10.3. The van der Waals surface area contributed by atoms with E-state index in [9.17, 15) is 0 Å². The Labute approximate surface area is 324 Å². The zero-order chi connectivity index (χ0) is 36.6. The number of aromatic nitrogens is 2. The lowest BCUT2D eigenvalue weighted by Crippen LogP contribution is -1.95. The lowest BCUT2D eigenvalue weighted by molar-refractivity contribution is 1.24. The minimum Gasteiger partial charge on any atom is -0.227 e. The van der Waals surface area contributed by atoms with Crippen LogP contribution in [-0.2, 0) is 0 Å². The molecule has 0 aliphatic rings. The largest absolute Gasteiger partial charge is 0.227 e. The Morgan fingerprint density at radius 3 is 1.22 bits per heavy atom. The van der Waals surface area contributed by atoms with E-state index in [1.807, 2.05) is 0 Å². The summed E-state index contributed by atoms with van der Waals surface area (Å²) in [6, 6.07) is 73.5. The van der Waals surface area contributed by atoms with Gasteiger partial charge in [-0.15, -0.1) is 11.3 Å². The monoisotopic (exact) mass is 718 g/mol. The van der Waals surface area contributed by atoms with E-state index in [0.29, 0.717) is 5.82 Å². The number of hydrogen-bond acceptors (Lipinski definition) is 3. The van der Waals surface area contributed by atoms with E-state index in [0.717, 1.165) is 49.3 Å². The molecule has 0 N–H and O–H groups in total.